The second-order valence-electron chi connectivity index (χ2n) is 4.49. The number of anilines is 1. The first-order chi connectivity index (χ1) is 9.67. The highest BCUT2D eigenvalue weighted by Gasteiger charge is 2.30. The lowest BCUT2D eigenvalue weighted by atomic mass is 10.2. The molecular formula is C11H13ClN6O2. The maximum atomic E-state index is 12.0. The van der Waals surface area contributed by atoms with Gasteiger partial charge in [0.05, 0.1) is 12.4 Å². The summed E-state index contributed by atoms with van der Waals surface area (Å²) < 4.78 is 5.50. The van der Waals surface area contributed by atoms with E-state index in [0.717, 1.165) is 6.42 Å². The number of H-pyrrole nitrogens is 1. The predicted molar refractivity (Wildman–Crippen MR) is 72.3 cm³/mol. The lowest BCUT2D eigenvalue weighted by molar-refractivity contribution is -0.126. The number of aromatic amines is 1. The van der Waals surface area contributed by atoms with E-state index in [-0.39, 0.29) is 23.1 Å². The summed E-state index contributed by atoms with van der Waals surface area (Å²) in [6.07, 6.45) is 2.27. The number of nitrogens with zero attached hydrogens (tertiary/aromatic N) is 3. The molecule has 3 rings (SSSR count). The second-order valence-corrected chi connectivity index (χ2v) is 4.85. The number of halogens is 1. The molecule has 0 spiro atoms. The number of aromatic nitrogens is 4. The third kappa shape index (κ3) is 2.45. The van der Waals surface area contributed by atoms with E-state index < -0.39 is 6.10 Å². The molecular weight excluding hydrogens is 284 g/mol. The summed E-state index contributed by atoms with van der Waals surface area (Å²) in [7, 11) is 0. The van der Waals surface area contributed by atoms with Crippen LogP contribution in [0, 0.1) is 0 Å². The van der Waals surface area contributed by atoms with Crippen molar-refractivity contribution in [1.82, 2.24) is 19.9 Å². The maximum Gasteiger partial charge on any atom is 0.255 e. The molecule has 1 fully saturated rings. The first-order valence-electron chi connectivity index (χ1n) is 6.20. The fourth-order valence-corrected chi connectivity index (χ4v) is 2.34. The third-order valence-electron chi connectivity index (χ3n) is 3.14. The molecule has 2 aromatic rings. The number of rotatable bonds is 3. The van der Waals surface area contributed by atoms with E-state index in [0.29, 0.717) is 24.1 Å². The van der Waals surface area contributed by atoms with Crippen molar-refractivity contribution in [2.75, 3.05) is 11.9 Å². The highest BCUT2D eigenvalue weighted by molar-refractivity contribution is 6.33. The summed E-state index contributed by atoms with van der Waals surface area (Å²) in [6, 6.07) is 0. The van der Waals surface area contributed by atoms with Gasteiger partial charge < -0.3 is 15.5 Å². The largest absolute Gasteiger partial charge is 0.364 e. The molecule has 1 aliphatic heterocycles. The molecule has 2 aromatic heterocycles. The average molecular weight is 297 g/mol. The molecule has 3 heterocycles. The van der Waals surface area contributed by atoms with Crippen molar-refractivity contribution in [3.63, 3.8) is 0 Å². The van der Waals surface area contributed by atoms with Gasteiger partial charge in [0.1, 0.15) is 11.6 Å². The molecule has 9 heteroatoms. The van der Waals surface area contributed by atoms with Crippen molar-refractivity contribution >= 4 is 34.6 Å². The lowest BCUT2D eigenvalue weighted by Crippen LogP contribution is -2.30. The van der Waals surface area contributed by atoms with E-state index in [2.05, 4.69) is 25.3 Å². The Hall–Kier alpha value is -1.77. The Labute approximate surface area is 119 Å². The molecule has 2 atom stereocenters. The molecule has 20 heavy (non-hydrogen) atoms. The van der Waals surface area contributed by atoms with E-state index in [1.807, 2.05) is 0 Å². The number of ether oxygens (including phenoxy) is 1. The summed E-state index contributed by atoms with van der Waals surface area (Å²) in [5, 5.41) is 2.79. The smallest absolute Gasteiger partial charge is 0.255 e. The fourth-order valence-electron chi connectivity index (χ4n) is 2.12. The zero-order chi connectivity index (χ0) is 14.1. The summed E-state index contributed by atoms with van der Waals surface area (Å²) in [5.41, 5.74) is 6.44. The minimum atomic E-state index is -0.527. The van der Waals surface area contributed by atoms with E-state index in [1.165, 1.54) is 6.33 Å². The fraction of sp³-hybridized carbons (Fsp3) is 0.455. The van der Waals surface area contributed by atoms with Crippen LogP contribution in [0.4, 0.5) is 5.95 Å². The average Bonchev–Trinajstić information content (AvgIpc) is 3.07. The number of amides is 1. The molecule has 0 aromatic carbocycles. The van der Waals surface area contributed by atoms with E-state index in [9.17, 15) is 4.79 Å². The molecule has 0 radical (unpaired) electrons. The topological polar surface area (TPSA) is 119 Å². The summed E-state index contributed by atoms with van der Waals surface area (Å²) in [4.78, 5) is 26.9. The van der Waals surface area contributed by atoms with Crippen molar-refractivity contribution in [2.45, 2.75) is 25.0 Å². The number of nitrogens with two attached hydrogens (primary N) is 1. The molecule has 1 aliphatic rings. The number of nitrogens with one attached hydrogen (secondary N) is 2. The van der Waals surface area contributed by atoms with Gasteiger partial charge in [-0.1, -0.05) is 11.6 Å². The minimum absolute atomic E-state index is 0.0657. The lowest BCUT2D eigenvalue weighted by Gasteiger charge is -2.11. The number of hydrogen-bond donors (Lipinski definition) is 3. The molecule has 0 bridgehead atoms. The van der Waals surface area contributed by atoms with Gasteiger partial charge in [-0.2, -0.15) is 9.97 Å². The van der Waals surface area contributed by atoms with Gasteiger partial charge in [-0.15, -0.1) is 0 Å². The number of fused-ring (bicyclic) bond motifs is 1. The van der Waals surface area contributed by atoms with Crippen LogP contribution in [0.15, 0.2) is 6.33 Å². The van der Waals surface area contributed by atoms with Gasteiger partial charge in [-0.3, -0.25) is 10.1 Å². The first-order valence-corrected chi connectivity index (χ1v) is 6.58. The Balaban J connectivity index is 1.74. The summed E-state index contributed by atoms with van der Waals surface area (Å²) in [6.45, 7) is 0.408. The summed E-state index contributed by atoms with van der Waals surface area (Å²) >= 11 is 5.97. The monoisotopic (exact) mass is 296 g/mol. The molecule has 1 amide bonds. The van der Waals surface area contributed by atoms with Gasteiger partial charge in [0.15, 0.2) is 10.8 Å². The first kappa shape index (κ1) is 13.2. The zero-order valence-corrected chi connectivity index (χ0v) is 11.2. The number of imidazole rings is 1. The molecule has 0 saturated carbocycles. The van der Waals surface area contributed by atoms with E-state index in [1.54, 1.807) is 0 Å². The minimum Gasteiger partial charge on any atom is -0.364 e. The van der Waals surface area contributed by atoms with Crippen LogP contribution in [0.2, 0.25) is 5.15 Å². The van der Waals surface area contributed by atoms with Crippen LogP contribution in [0.25, 0.3) is 11.2 Å². The quantitative estimate of drug-likeness (QED) is 0.708. The van der Waals surface area contributed by atoms with Crippen LogP contribution in [0.5, 0.6) is 0 Å². The Bertz CT molecular complexity index is 645. The molecule has 4 N–H and O–H groups in total. The number of carbonyl (C=O) groups is 1. The van der Waals surface area contributed by atoms with Gasteiger partial charge in [0.2, 0.25) is 5.95 Å². The molecule has 8 nitrogen and oxygen atoms in total. The van der Waals surface area contributed by atoms with E-state index >= 15 is 0 Å². The maximum absolute atomic E-state index is 12.0. The van der Waals surface area contributed by atoms with Crippen molar-refractivity contribution in [1.29, 1.82) is 0 Å². The SMILES string of the molecule is NCC1CCC(C(=O)Nc2nc(Cl)c3[nH]cnc3n2)O1. The van der Waals surface area contributed by atoms with Crippen LogP contribution >= 0.6 is 11.6 Å². The van der Waals surface area contributed by atoms with Crippen LogP contribution in [0.3, 0.4) is 0 Å². The van der Waals surface area contributed by atoms with Crippen LogP contribution in [-0.2, 0) is 9.53 Å². The number of carbonyl (C=O) groups excluding carboxylic acids is 1. The third-order valence-corrected chi connectivity index (χ3v) is 3.41. The Kier molecular flexibility index (Phi) is 3.51. The predicted octanol–water partition coefficient (Wildman–Crippen LogP) is 0.451. The van der Waals surface area contributed by atoms with Gasteiger partial charge in [0, 0.05) is 6.54 Å². The summed E-state index contributed by atoms with van der Waals surface area (Å²) in [5.74, 6) is -0.189. The number of hydrogen-bond acceptors (Lipinski definition) is 6. The molecule has 1 saturated heterocycles. The highest BCUT2D eigenvalue weighted by Crippen LogP contribution is 2.21. The standard InChI is InChI=1S/C11H13ClN6O2/c12-8-7-9(15-4-14-7)17-11(16-8)18-10(19)6-2-1-5(3-13)20-6/h4-6H,1-3,13H2,(H2,14,15,16,17,18,19). The van der Waals surface area contributed by atoms with Gasteiger partial charge >= 0.3 is 0 Å². The zero-order valence-electron chi connectivity index (χ0n) is 10.5. The van der Waals surface area contributed by atoms with Gasteiger partial charge in [0.25, 0.3) is 5.91 Å². The molecule has 2 unspecified atom stereocenters. The highest BCUT2D eigenvalue weighted by atomic mass is 35.5. The van der Waals surface area contributed by atoms with Crippen LogP contribution < -0.4 is 11.1 Å². The van der Waals surface area contributed by atoms with E-state index in [4.69, 9.17) is 22.1 Å². The van der Waals surface area contributed by atoms with Gasteiger partial charge in [-0.05, 0) is 12.8 Å². The molecule has 0 aliphatic carbocycles. The Morgan fingerprint density at radius 2 is 2.40 bits per heavy atom. The Morgan fingerprint density at radius 1 is 1.55 bits per heavy atom. The van der Waals surface area contributed by atoms with Gasteiger partial charge in [-0.25, -0.2) is 4.98 Å². The van der Waals surface area contributed by atoms with Crippen LogP contribution in [-0.4, -0.2) is 44.6 Å². The van der Waals surface area contributed by atoms with Crippen LogP contribution in [0.1, 0.15) is 12.8 Å². The van der Waals surface area contributed by atoms with Crippen molar-refractivity contribution in [3.8, 4) is 0 Å². The van der Waals surface area contributed by atoms with Crippen molar-refractivity contribution < 1.29 is 9.53 Å². The van der Waals surface area contributed by atoms with Crippen molar-refractivity contribution in [2.24, 2.45) is 5.73 Å². The second kappa shape index (κ2) is 5.31. The Morgan fingerprint density at radius 3 is 3.15 bits per heavy atom. The molecule has 106 valence electrons. The normalized spacial score (nSPS) is 22.3. The van der Waals surface area contributed by atoms with Crippen molar-refractivity contribution in [3.05, 3.63) is 11.5 Å².